The third kappa shape index (κ3) is 3.46. The maximum absolute atomic E-state index is 14.0. The Kier molecular flexibility index (Phi) is 5.36. The molecule has 4 atom stereocenters. The monoisotopic (exact) mass is 427 g/mol. The number of nitrogens with zero attached hydrogens (tertiary/aromatic N) is 3. The molecule has 2 aliphatic carbocycles. The quantitative estimate of drug-likeness (QED) is 0.798. The van der Waals surface area contributed by atoms with Crippen molar-refractivity contribution in [1.82, 2.24) is 14.7 Å². The van der Waals surface area contributed by atoms with E-state index in [-0.39, 0.29) is 11.9 Å². The van der Waals surface area contributed by atoms with Gasteiger partial charge in [-0.05, 0) is 61.3 Å². The van der Waals surface area contributed by atoms with Crippen LogP contribution in [-0.2, 0) is 10.2 Å². The number of halogens is 1. The van der Waals surface area contributed by atoms with Crippen LogP contribution in [0.1, 0.15) is 56.6 Å². The van der Waals surface area contributed by atoms with Crippen molar-refractivity contribution in [3.8, 4) is 0 Å². The predicted molar refractivity (Wildman–Crippen MR) is 116 cm³/mol. The van der Waals surface area contributed by atoms with Crippen molar-refractivity contribution in [2.45, 2.75) is 62.5 Å². The van der Waals surface area contributed by atoms with Crippen LogP contribution in [-0.4, -0.2) is 44.9 Å². The van der Waals surface area contributed by atoms with Crippen LogP contribution in [0.3, 0.4) is 0 Å². The van der Waals surface area contributed by atoms with Gasteiger partial charge in [-0.1, -0.05) is 43.0 Å². The predicted octanol–water partition coefficient (Wildman–Crippen LogP) is 4.21. The molecule has 1 aromatic carbocycles. The lowest BCUT2D eigenvalue weighted by Gasteiger charge is -2.39. The Morgan fingerprint density at radius 2 is 1.77 bits per heavy atom. The number of aliphatic hydroxyl groups is 1. The first kappa shape index (κ1) is 20.1. The molecule has 2 aromatic rings. The summed E-state index contributed by atoms with van der Waals surface area (Å²) in [7, 11) is 0. The van der Waals surface area contributed by atoms with Crippen LogP contribution in [0.25, 0.3) is 0 Å². The molecule has 5 rings (SSSR count). The summed E-state index contributed by atoms with van der Waals surface area (Å²) in [6, 6.07) is 9.84. The van der Waals surface area contributed by atoms with Crippen LogP contribution in [0.4, 0.5) is 0 Å². The van der Waals surface area contributed by atoms with Gasteiger partial charge in [-0.25, -0.2) is 0 Å². The molecular weight excluding hydrogens is 398 g/mol. The van der Waals surface area contributed by atoms with E-state index >= 15 is 0 Å². The second kappa shape index (κ2) is 8.01. The summed E-state index contributed by atoms with van der Waals surface area (Å²) in [5.74, 6) is 1.09. The topological polar surface area (TPSA) is 58.4 Å². The number of hydrogen-bond donors (Lipinski definition) is 1. The highest BCUT2D eigenvalue weighted by Crippen LogP contribution is 2.45. The Bertz CT molecular complexity index is 876. The van der Waals surface area contributed by atoms with Gasteiger partial charge in [0.25, 0.3) is 0 Å². The lowest BCUT2D eigenvalue weighted by Crippen LogP contribution is -2.47. The summed E-state index contributed by atoms with van der Waals surface area (Å²) in [6.07, 6.45) is 10.1. The van der Waals surface area contributed by atoms with Gasteiger partial charge in [0.05, 0.1) is 17.6 Å². The third-order valence-corrected chi connectivity index (χ3v) is 8.03. The Labute approximate surface area is 183 Å². The molecule has 3 fully saturated rings. The molecule has 0 spiro atoms. The summed E-state index contributed by atoms with van der Waals surface area (Å²) in [5, 5.41) is 15.8. The van der Waals surface area contributed by atoms with Gasteiger partial charge in [0.1, 0.15) is 0 Å². The number of benzene rings is 1. The Morgan fingerprint density at radius 3 is 2.43 bits per heavy atom. The van der Waals surface area contributed by atoms with Crippen molar-refractivity contribution in [3.05, 3.63) is 53.3 Å². The van der Waals surface area contributed by atoms with E-state index in [1.54, 1.807) is 6.20 Å². The van der Waals surface area contributed by atoms with Crippen molar-refractivity contribution in [2.75, 3.05) is 13.1 Å². The number of aliphatic hydroxyl groups excluding tert-OH is 1. The molecule has 1 aliphatic heterocycles. The van der Waals surface area contributed by atoms with Crippen LogP contribution in [0.15, 0.2) is 42.7 Å². The van der Waals surface area contributed by atoms with E-state index in [1.165, 1.54) is 6.42 Å². The zero-order valence-electron chi connectivity index (χ0n) is 17.3. The number of fused-ring (bicyclic) bond motifs is 1. The Morgan fingerprint density at radius 1 is 1.07 bits per heavy atom. The van der Waals surface area contributed by atoms with E-state index in [1.807, 2.05) is 41.2 Å². The van der Waals surface area contributed by atoms with Gasteiger partial charge in [-0.2, -0.15) is 5.10 Å². The average molecular weight is 428 g/mol. The first-order valence-electron chi connectivity index (χ1n) is 11.3. The maximum atomic E-state index is 14.0. The van der Waals surface area contributed by atoms with Gasteiger partial charge in [0, 0.05) is 30.5 Å². The van der Waals surface area contributed by atoms with E-state index < -0.39 is 11.5 Å². The molecule has 3 aliphatic rings. The number of rotatable bonds is 3. The van der Waals surface area contributed by atoms with Crippen molar-refractivity contribution in [3.63, 3.8) is 0 Å². The fourth-order valence-electron chi connectivity index (χ4n) is 6.19. The van der Waals surface area contributed by atoms with E-state index in [0.717, 1.165) is 57.2 Å². The molecule has 2 saturated carbocycles. The second-order valence-corrected chi connectivity index (χ2v) is 9.91. The average Bonchev–Trinajstić information content (AvgIpc) is 3.43. The zero-order valence-corrected chi connectivity index (χ0v) is 18.0. The number of amides is 1. The minimum atomic E-state index is -0.420. The highest BCUT2D eigenvalue weighted by atomic mass is 35.5. The number of hydrogen-bond acceptors (Lipinski definition) is 3. The molecule has 0 radical (unpaired) electrons. The number of carbonyl (C=O) groups excluding carboxylic acids is 1. The third-order valence-electron chi connectivity index (χ3n) is 7.77. The molecule has 0 unspecified atom stereocenters. The van der Waals surface area contributed by atoms with Crippen molar-refractivity contribution in [1.29, 1.82) is 0 Å². The SMILES string of the molecule is O=C(N1C[C@H]2C[C@@H](n3cccn3)[C@H](O)C[C@H]2C1)C1(c2ccc(Cl)cc2)CCCCC1. The maximum Gasteiger partial charge on any atom is 0.233 e. The normalized spacial score (nSPS) is 30.8. The number of carbonyl (C=O) groups is 1. The van der Waals surface area contributed by atoms with E-state index in [0.29, 0.717) is 16.9 Å². The van der Waals surface area contributed by atoms with E-state index in [9.17, 15) is 9.90 Å². The van der Waals surface area contributed by atoms with E-state index in [4.69, 9.17) is 11.6 Å². The van der Waals surface area contributed by atoms with Gasteiger partial charge in [0.15, 0.2) is 0 Å². The molecule has 6 heteroatoms. The Balaban J connectivity index is 1.37. The largest absolute Gasteiger partial charge is 0.391 e. The smallest absolute Gasteiger partial charge is 0.233 e. The summed E-state index contributed by atoms with van der Waals surface area (Å²) in [6.45, 7) is 1.56. The van der Waals surface area contributed by atoms with Crippen LogP contribution < -0.4 is 0 Å². The molecule has 1 saturated heterocycles. The molecule has 5 nitrogen and oxygen atoms in total. The van der Waals surface area contributed by atoms with Crippen LogP contribution in [0, 0.1) is 11.8 Å². The first-order chi connectivity index (χ1) is 14.6. The molecule has 1 aromatic heterocycles. The van der Waals surface area contributed by atoms with Crippen LogP contribution >= 0.6 is 11.6 Å². The number of aromatic nitrogens is 2. The minimum Gasteiger partial charge on any atom is -0.391 e. The molecule has 1 N–H and O–H groups in total. The van der Waals surface area contributed by atoms with Crippen LogP contribution in [0.2, 0.25) is 5.02 Å². The molecule has 1 amide bonds. The Hall–Kier alpha value is -1.85. The van der Waals surface area contributed by atoms with Gasteiger partial charge in [-0.15, -0.1) is 0 Å². The molecule has 0 bridgehead atoms. The number of likely N-dealkylation sites (tertiary alicyclic amines) is 1. The first-order valence-corrected chi connectivity index (χ1v) is 11.7. The summed E-state index contributed by atoms with van der Waals surface area (Å²) in [4.78, 5) is 16.1. The molecule has 2 heterocycles. The summed E-state index contributed by atoms with van der Waals surface area (Å²) < 4.78 is 1.89. The van der Waals surface area contributed by atoms with Gasteiger partial charge in [0.2, 0.25) is 5.91 Å². The van der Waals surface area contributed by atoms with Crippen LogP contribution in [0.5, 0.6) is 0 Å². The van der Waals surface area contributed by atoms with Gasteiger partial charge < -0.3 is 10.0 Å². The van der Waals surface area contributed by atoms with Gasteiger partial charge in [-0.3, -0.25) is 9.48 Å². The van der Waals surface area contributed by atoms with Gasteiger partial charge >= 0.3 is 0 Å². The van der Waals surface area contributed by atoms with Crippen molar-refractivity contribution in [2.24, 2.45) is 11.8 Å². The fraction of sp³-hybridized carbons (Fsp3) is 0.583. The zero-order chi connectivity index (χ0) is 20.7. The molecular formula is C24H30ClN3O2. The highest BCUT2D eigenvalue weighted by molar-refractivity contribution is 6.30. The van der Waals surface area contributed by atoms with E-state index in [2.05, 4.69) is 10.00 Å². The van der Waals surface area contributed by atoms with Crippen molar-refractivity contribution < 1.29 is 9.90 Å². The summed E-state index contributed by atoms with van der Waals surface area (Å²) in [5.41, 5.74) is 0.692. The molecule has 160 valence electrons. The molecule has 30 heavy (non-hydrogen) atoms. The lowest BCUT2D eigenvalue weighted by atomic mass is 9.68. The minimum absolute atomic E-state index is 0.0104. The standard InChI is InChI=1S/C24H30ClN3O2/c25-20-7-5-19(6-8-20)24(9-2-1-3-10-24)23(30)27-15-17-13-21(28-12-4-11-26-28)22(29)14-18(17)16-27/h4-8,11-12,17-18,21-22,29H,1-3,9-10,13-16H2/t17-,18+,21-,22-/m1/s1. The second-order valence-electron chi connectivity index (χ2n) is 9.47. The summed E-state index contributed by atoms with van der Waals surface area (Å²) >= 11 is 6.13. The van der Waals surface area contributed by atoms with Crippen molar-refractivity contribution >= 4 is 17.5 Å². The highest BCUT2D eigenvalue weighted by Gasteiger charge is 2.49. The fourth-order valence-corrected chi connectivity index (χ4v) is 6.31. The lowest BCUT2D eigenvalue weighted by molar-refractivity contribution is -0.138.